The van der Waals surface area contributed by atoms with E-state index in [1.165, 1.54) is 0 Å². The van der Waals surface area contributed by atoms with Gasteiger partial charge in [0.2, 0.25) is 0 Å². The molecule has 8 heteroatoms. The third kappa shape index (κ3) is 5.46. The average molecular weight is 279 g/mol. The Labute approximate surface area is 107 Å². The second kappa shape index (κ2) is 8.05. The fraction of sp³-hybridized carbons (Fsp3) is 0.700. The Kier molecular flexibility index (Phi) is 7.54. The summed E-state index contributed by atoms with van der Waals surface area (Å²) >= 11 is 0. The predicted molar refractivity (Wildman–Crippen MR) is 63.3 cm³/mol. The monoisotopic (exact) mass is 279 g/mol. The van der Waals surface area contributed by atoms with Crippen LogP contribution in [0.25, 0.3) is 0 Å². The lowest BCUT2D eigenvalue weighted by Crippen LogP contribution is -2.42. The minimum Gasteiger partial charge on any atom is -0.385 e. The van der Waals surface area contributed by atoms with Gasteiger partial charge in [0, 0.05) is 6.04 Å². The van der Waals surface area contributed by atoms with Crippen LogP contribution in [-0.4, -0.2) is 49.8 Å². The van der Waals surface area contributed by atoms with Gasteiger partial charge in [0.1, 0.15) is 19.9 Å². The van der Waals surface area contributed by atoms with Crippen LogP contribution in [-0.2, 0) is 24.0 Å². The van der Waals surface area contributed by atoms with Crippen LogP contribution in [0.5, 0.6) is 0 Å². The summed E-state index contributed by atoms with van der Waals surface area (Å²) in [6, 6.07) is -0.431. The molecule has 1 unspecified atom stereocenters. The smallest absolute Gasteiger partial charge is 0.385 e. The molecule has 18 heavy (non-hydrogen) atoms. The second-order valence-corrected chi connectivity index (χ2v) is 4.89. The molecule has 0 heterocycles. The van der Waals surface area contributed by atoms with E-state index < -0.39 is 28.9 Å². The number of rotatable bonds is 8. The van der Waals surface area contributed by atoms with Crippen LogP contribution in [0.2, 0.25) is 0 Å². The molecule has 0 aliphatic rings. The minimum atomic E-state index is -4.30. The van der Waals surface area contributed by atoms with Gasteiger partial charge in [0.15, 0.2) is 0 Å². The number of nitrogens with zero attached hydrogens (tertiary/aromatic N) is 1. The molecule has 1 atom stereocenters. The fourth-order valence-corrected chi connectivity index (χ4v) is 2.18. The van der Waals surface area contributed by atoms with Crippen molar-refractivity contribution in [2.45, 2.75) is 26.3 Å². The Hall–Kier alpha value is -1.14. The van der Waals surface area contributed by atoms with Gasteiger partial charge in [-0.15, -0.1) is 10.7 Å². The maximum absolute atomic E-state index is 11.7. The summed E-state index contributed by atoms with van der Waals surface area (Å²) in [6.07, 6.45) is 5.47. The molecule has 0 amide bonds. The van der Waals surface area contributed by atoms with Gasteiger partial charge < -0.3 is 14.0 Å². The topological polar surface area (TPSA) is 93.1 Å². The highest BCUT2D eigenvalue weighted by Crippen LogP contribution is 2.12. The molecule has 0 aromatic heterocycles. The Bertz CT molecular complexity index is 399. The van der Waals surface area contributed by atoms with Crippen LogP contribution < -0.4 is 0 Å². The van der Waals surface area contributed by atoms with E-state index in [9.17, 15) is 13.2 Å². The van der Waals surface area contributed by atoms with Gasteiger partial charge in [-0.2, -0.15) is 8.42 Å². The molecule has 0 rings (SSSR count). The fourth-order valence-electron chi connectivity index (χ4n) is 1.00. The van der Waals surface area contributed by atoms with Crippen molar-refractivity contribution in [3.8, 4) is 12.3 Å². The van der Waals surface area contributed by atoms with Crippen molar-refractivity contribution >= 4 is 16.3 Å². The van der Waals surface area contributed by atoms with Crippen LogP contribution in [0.4, 0.5) is 0 Å². The van der Waals surface area contributed by atoms with E-state index in [-0.39, 0.29) is 13.3 Å². The highest BCUT2D eigenvalue weighted by Gasteiger charge is 2.30. The Morgan fingerprint density at radius 2 is 2.17 bits per heavy atom. The molecular formula is C10H17NO6S. The van der Waals surface area contributed by atoms with Crippen molar-refractivity contribution in [1.29, 1.82) is 0 Å². The van der Waals surface area contributed by atoms with Gasteiger partial charge in [-0.3, -0.25) is 0 Å². The molecule has 0 radical (unpaired) electrons. The maximum Gasteiger partial charge on any atom is 0.389 e. The van der Waals surface area contributed by atoms with Gasteiger partial charge in [-0.05, 0) is 13.3 Å². The highest BCUT2D eigenvalue weighted by molar-refractivity contribution is 7.84. The molecule has 0 aromatic rings. The molecule has 0 aliphatic carbocycles. The first kappa shape index (κ1) is 16.9. The number of hydrogen-bond acceptors (Lipinski definition) is 6. The lowest BCUT2D eigenvalue weighted by molar-refractivity contribution is -0.137. The summed E-state index contributed by atoms with van der Waals surface area (Å²) in [4.78, 5) is 10.8. The molecule has 0 spiro atoms. The van der Waals surface area contributed by atoms with Gasteiger partial charge in [-0.1, -0.05) is 12.8 Å². The number of carbonyl (C=O) groups excluding carboxylic acids is 1. The molecule has 0 fully saturated rings. The highest BCUT2D eigenvalue weighted by atomic mass is 32.2. The second-order valence-electron chi connectivity index (χ2n) is 3.40. The molecule has 0 saturated heterocycles. The summed E-state index contributed by atoms with van der Waals surface area (Å²) in [6.45, 7) is 2.00. The van der Waals surface area contributed by atoms with Crippen molar-refractivity contribution < 1.29 is 27.2 Å². The van der Waals surface area contributed by atoms with E-state index in [0.717, 1.165) is 4.31 Å². The summed E-state index contributed by atoms with van der Waals surface area (Å²) < 4.78 is 33.4. The standard InChI is InChI=1S/C10H17NO6S/c1-4-6-16-8-11(9(3)5-2)18(14,15)17-10(13)7-12/h1,9,12H,5-8H2,2-3H3. The quantitative estimate of drug-likeness (QED) is 0.365. The van der Waals surface area contributed by atoms with Crippen LogP contribution in [0, 0.1) is 12.3 Å². The third-order valence-corrected chi connectivity index (χ3v) is 3.54. The van der Waals surface area contributed by atoms with Crippen LogP contribution >= 0.6 is 0 Å². The zero-order valence-corrected chi connectivity index (χ0v) is 11.1. The maximum atomic E-state index is 11.7. The third-order valence-electron chi connectivity index (χ3n) is 2.10. The Morgan fingerprint density at radius 1 is 1.56 bits per heavy atom. The molecular weight excluding hydrogens is 262 g/mol. The van der Waals surface area contributed by atoms with Crippen molar-refractivity contribution in [2.24, 2.45) is 0 Å². The van der Waals surface area contributed by atoms with E-state index in [0.29, 0.717) is 6.42 Å². The molecule has 0 aliphatic heterocycles. The molecule has 0 saturated carbocycles. The van der Waals surface area contributed by atoms with Crippen molar-refractivity contribution in [3.63, 3.8) is 0 Å². The summed E-state index contributed by atoms with van der Waals surface area (Å²) in [5.74, 6) is 0.942. The zero-order chi connectivity index (χ0) is 14.2. The normalized spacial score (nSPS) is 13.1. The first-order chi connectivity index (χ1) is 8.38. The van der Waals surface area contributed by atoms with Gasteiger partial charge in [0.25, 0.3) is 0 Å². The van der Waals surface area contributed by atoms with Crippen LogP contribution in [0.1, 0.15) is 20.3 Å². The average Bonchev–Trinajstić information content (AvgIpc) is 2.32. The lowest BCUT2D eigenvalue weighted by Gasteiger charge is -2.25. The number of aliphatic hydroxyl groups is 1. The number of terminal acetylenes is 1. The van der Waals surface area contributed by atoms with Gasteiger partial charge in [-0.25, -0.2) is 4.79 Å². The SMILES string of the molecule is C#CCOCN(C(C)CC)S(=O)(=O)OC(=O)CO. The Morgan fingerprint density at radius 3 is 2.61 bits per heavy atom. The molecule has 7 nitrogen and oxygen atoms in total. The van der Waals surface area contributed by atoms with Crippen molar-refractivity contribution in [1.82, 2.24) is 4.31 Å². The van der Waals surface area contributed by atoms with Gasteiger partial charge >= 0.3 is 16.3 Å². The van der Waals surface area contributed by atoms with Crippen LogP contribution in [0.15, 0.2) is 0 Å². The van der Waals surface area contributed by atoms with E-state index in [1.54, 1.807) is 13.8 Å². The lowest BCUT2D eigenvalue weighted by atomic mass is 10.3. The Balaban J connectivity index is 4.83. The molecule has 104 valence electrons. The van der Waals surface area contributed by atoms with Crippen LogP contribution in [0.3, 0.4) is 0 Å². The van der Waals surface area contributed by atoms with E-state index >= 15 is 0 Å². The zero-order valence-electron chi connectivity index (χ0n) is 10.3. The summed E-state index contributed by atoms with van der Waals surface area (Å²) in [7, 11) is -4.30. The largest absolute Gasteiger partial charge is 0.389 e. The first-order valence-electron chi connectivity index (χ1n) is 5.25. The van der Waals surface area contributed by atoms with Crippen molar-refractivity contribution in [2.75, 3.05) is 19.9 Å². The van der Waals surface area contributed by atoms with Crippen molar-refractivity contribution in [3.05, 3.63) is 0 Å². The number of carbonyl (C=O) groups is 1. The molecule has 1 N–H and O–H groups in total. The molecule has 0 aromatic carbocycles. The predicted octanol–water partition coefficient (Wildman–Crippen LogP) is -0.526. The summed E-state index contributed by atoms with van der Waals surface area (Å²) in [5, 5.41) is 8.47. The molecule has 0 bridgehead atoms. The minimum absolute atomic E-state index is 0.0591. The number of hydrogen-bond donors (Lipinski definition) is 1. The number of ether oxygens (including phenoxy) is 1. The van der Waals surface area contributed by atoms with Gasteiger partial charge in [0.05, 0.1) is 0 Å². The van der Waals surface area contributed by atoms with E-state index in [4.69, 9.17) is 16.3 Å². The number of aliphatic hydroxyl groups excluding tert-OH is 1. The summed E-state index contributed by atoms with van der Waals surface area (Å²) in [5.41, 5.74) is 0. The first-order valence-corrected chi connectivity index (χ1v) is 6.61. The van der Waals surface area contributed by atoms with E-state index in [1.807, 2.05) is 0 Å². The van der Waals surface area contributed by atoms with E-state index in [2.05, 4.69) is 10.1 Å².